The Bertz CT molecular complexity index is 292. The predicted molar refractivity (Wildman–Crippen MR) is 88.2 cm³/mol. The first-order valence-corrected chi connectivity index (χ1v) is 9.07. The summed E-state index contributed by atoms with van der Waals surface area (Å²) in [5.41, 5.74) is 0.810. The van der Waals surface area contributed by atoms with Gasteiger partial charge in [0.15, 0.2) is 0 Å². The van der Waals surface area contributed by atoms with Crippen LogP contribution in [0.2, 0.25) is 0 Å². The summed E-state index contributed by atoms with van der Waals surface area (Å²) < 4.78 is 0. The molecule has 1 heterocycles. The molecule has 0 aromatic rings. The molecule has 0 radical (unpaired) electrons. The fraction of sp³-hybridized carbons (Fsp3) is 1.00. The summed E-state index contributed by atoms with van der Waals surface area (Å²) in [4.78, 5) is 2.85. The van der Waals surface area contributed by atoms with E-state index in [9.17, 15) is 0 Å². The van der Waals surface area contributed by atoms with Crippen LogP contribution >= 0.6 is 0 Å². The third-order valence-corrected chi connectivity index (χ3v) is 6.31. The van der Waals surface area contributed by atoms with Crippen LogP contribution in [0, 0.1) is 5.92 Å². The zero-order valence-electron chi connectivity index (χ0n) is 14.3. The summed E-state index contributed by atoms with van der Waals surface area (Å²) >= 11 is 0. The first kappa shape index (κ1) is 16.3. The summed E-state index contributed by atoms with van der Waals surface area (Å²) in [6.07, 6.45) is 11.0. The highest BCUT2D eigenvalue weighted by molar-refractivity contribution is 5.04. The molecule has 2 nitrogen and oxygen atoms in total. The van der Waals surface area contributed by atoms with Crippen molar-refractivity contribution in [2.24, 2.45) is 5.92 Å². The Labute approximate surface area is 126 Å². The molecule has 1 aliphatic heterocycles. The van der Waals surface area contributed by atoms with Gasteiger partial charge in [-0.1, -0.05) is 52.9 Å². The SMILES string of the molecule is CCC(CC)CN1CC2(CCCCC2)NCC1(C)CC. The molecule has 0 bridgehead atoms. The van der Waals surface area contributed by atoms with Crippen LogP contribution < -0.4 is 5.32 Å². The highest BCUT2D eigenvalue weighted by Crippen LogP contribution is 2.36. The molecule has 0 aromatic carbocycles. The minimum absolute atomic E-state index is 0.366. The van der Waals surface area contributed by atoms with Crippen LogP contribution in [0.25, 0.3) is 0 Å². The number of rotatable bonds is 5. The standard InChI is InChI=1S/C18H36N2/c1-5-16(6-2)13-20-15-18(11-9-8-10-12-18)19-14-17(20,4)7-3/h16,19H,5-15H2,1-4H3. The minimum Gasteiger partial charge on any atom is -0.308 e. The molecular formula is C18H36N2. The van der Waals surface area contributed by atoms with E-state index in [2.05, 4.69) is 37.9 Å². The van der Waals surface area contributed by atoms with E-state index in [-0.39, 0.29) is 0 Å². The van der Waals surface area contributed by atoms with Gasteiger partial charge in [-0.3, -0.25) is 4.90 Å². The Morgan fingerprint density at radius 1 is 1.05 bits per heavy atom. The van der Waals surface area contributed by atoms with Crippen molar-refractivity contribution in [3.63, 3.8) is 0 Å². The lowest BCUT2D eigenvalue weighted by molar-refractivity contribution is -0.0119. The second-order valence-electron chi connectivity index (χ2n) is 7.61. The van der Waals surface area contributed by atoms with E-state index in [1.165, 1.54) is 71.0 Å². The molecule has 20 heavy (non-hydrogen) atoms. The maximum absolute atomic E-state index is 3.97. The van der Waals surface area contributed by atoms with Gasteiger partial charge in [0.25, 0.3) is 0 Å². The van der Waals surface area contributed by atoms with Crippen molar-refractivity contribution in [2.45, 2.75) is 90.1 Å². The van der Waals surface area contributed by atoms with Crippen molar-refractivity contribution in [3.8, 4) is 0 Å². The molecule has 1 unspecified atom stereocenters. The molecule has 1 atom stereocenters. The maximum atomic E-state index is 3.97. The average molecular weight is 280 g/mol. The van der Waals surface area contributed by atoms with Gasteiger partial charge in [-0.15, -0.1) is 0 Å². The van der Waals surface area contributed by atoms with Gasteiger partial charge in [-0.05, 0) is 32.1 Å². The normalized spacial score (nSPS) is 31.1. The molecule has 2 aliphatic rings. The minimum atomic E-state index is 0.366. The Hall–Kier alpha value is -0.0800. The van der Waals surface area contributed by atoms with Crippen LogP contribution in [0.1, 0.15) is 79.1 Å². The van der Waals surface area contributed by atoms with E-state index in [0.717, 1.165) is 5.92 Å². The van der Waals surface area contributed by atoms with Crippen LogP contribution in [0.15, 0.2) is 0 Å². The highest BCUT2D eigenvalue weighted by atomic mass is 15.3. The van der Waals surface area contributed by atoms with Crippen LogP contribution in [-0.4, -0.2) is 35.6 Å². The molecule has 1 saturated heterocycles. The van der Waals surface area contributed by atoms with E-state index in [1.807, 2.05) is 0 Å². The van der Waals surface area contributed by atoms with Crippen molar-refractivity contribution in [2.75, 3.05) is 19.6 Å². The molecule has 2 rings (SSSR count). The zero-order valence-corrected chi connectivity index (χ0v) is 14.3. The number of piperazine rings is 1. The van der Waals surface area contributed by atoms with Crippen molar-refractivity contribution < 1.29 is 0 Å². The summed E-state index contributed by atoms with van der Waals surface area (Å²) in [5.74, 6) is 0.875. The van der Waals surface area contributed by atoms with E-state index >= 15 is 0 Å². The summed E-state index contributed by atoms with van der Waals surface area (Å²) in [7, 11) is 0. The average Bonchev–Trinajstić information content (AvgIpc) is 2.49. The second kappa shape index (κ2) is 6.79. The Kier molecular flexibility index (Phi) is 5.53. The molecule has 2 fully saturated rings. The van der Waals surface area contributed by atoms with Gasteiger partial charge in [0, 0.05) is 30.7 Å². The number of hydrogen-bond acceptors (Lipinski definition) is 2. The van der Waals surface area contributed by atoms with E-state index < -0.39 is 0 Å². The largest absolute Gasteiger partial charge is 0.308 e. The summed E-state index contributed by atoms with van der Waals surface area (Å²) in [5, 5.41) is 3.97. The summed E-state index contributed by atoms with van der Waals surface area (Å²) in [6, 6.07) is 0. The Balaban J connectivity index is 2.09. The maximum Gasteiger partial charge on any atom is 0.0309 e. The third kappa shape index (κ3) is 3.39. The van der Waals surface area contributed by atoms with Crippen molar-refractivity contribution >= 4 is 0 Å². The smallest absolute Gasteiger partial charge is 0.0309 e. The zero-order chi connectivity index (χ0) is 14.6. The van der Waals surface area contributed by atoms with Crippen LogP contribution in [0.4, 0.5) is 0 Å². The van der Waals surface area contributed by atoms with Gasteiger partial charge < -0.3 is 5.32 Å². The van der Waals surface area contributed by atoms with Gasteiger partial charge in [0.05, 0.1) is 0 Å². The van der Waals surface area contributed by atoms with Crippen molar-refractivity contribution in [1.82, 2.24) is 10.2 Å². The third-order valence-electron chi connectivity index (χ3n) is 6.31. The number of hydrogen-bond donors (Lipinski definition) is 1. The molecule has 2 heteroatoms. The van der Waals surface area contributed by atoms with Crippen LogP contribution in [-0.2, 0) is 0 Å². The lowest BCUT2D eigenvalue weighted by atomic mass is 9.76. The molecule has 1 aliphatic carbocycles. The quantitative estimate of drug-likeness (QED) is 0.812. The number of nitrogens with one attached hydrogen (secondary N) is 1. The Morgan fingerprint density at radius 3 is 2.25 bits per heavy atom. The molecular weight excluding hydrogens is 244 g/mol. The molecule has 0 amide bonds. The van der Waals surface area contributed by atoms with E-state index in [4.69, 9.17) is 0 Å². The molecule has 1 spiro atoms. The second-order valence-corrected chi connectivity index (χ2v) is 7.61. The fourth-order valence-corrected chi connectivity index (χ4v) is 4.16. The highest BCUT2D eigenvalue weighted by Gasteiger charge is 2.44. The first-order valence-electron chi connectivity index (χ1n) is 9.07. The topological polar surface area (TPSA) is 15.3 Å². The van der Waals surface area contributed by atoms with Gasteiger partial charge >= 0.3 is 0 Å². The lowest BCUT2D eigenvalue weighted by Crippen LogP contribution is -2.69. The van der Waals surface area contributed by atoms with E-state index in [1.54, 1.807) is 0 Å². The predicted octanol–water partition coefficient (Wildman–Crippen LogP) is 4.20. The van der Waals surface area contributed by atoms with Gasteiger partial charge in [-0.2, -0.15) is 0 Å². The lowest BCUT2D eigenvalue weighted by Gasteiger charge is -2.55. The fourth-order valence-electron chi connectivity index (χ4n) is 4.16. The van der Waals surface area contributed by atoms with Gasteiger partial charge in [0.2, 0.25) is 0 Å². The molecule has 1 saturated carbocycles. The van der Waals surface area contributed by atoms with Crippen LogP contribution in [0.5, 0.6) is 0 Å². The van der Waals surface area contributed by atoms with Crippen LogP contribution in [0.3, 0.4) is 0 Å². The van der Waals surface area contributed by atoms with Gasteiger partial charge in [-0.25, -0.2) is 0 Å². The first-order chi connectivity index (χ1) is 9.57. The van der Waals surface area contributed by atoms with Crippen molar-refractivity contribution in [3.05, 3.63) is 0 Å². The molecule has 0 aromatic heterocycles. The van der Waals surface area contributed by atoms with Crippen molar-refractivity contribution in [1.29, 1.82) is 0 Å². The molecule has 1 N–H and O–H groups in total. The van der Waals surface area contributed by atoms with Gasteiger partial charge in [0.1, 0.15) is 0 Å². The van der Waals surface area contributed by atoms with E-state index in [0.29, 0.717) is 11.1 Å². The summed E-state index contributed by atoms with van der Waals surface area (Å²) in [6.45, 7) is 13.3. The Morgan fingerprint density at radius 2 is 1.70 bits per heavy atom. The number of nitrogens with zero attached hydrogens (tertiary/aromatic N) is 1. The monoisotopic (exact) mass is 280 g/mol. The molecule has 118 valence electrons.